The molecule has 1 atom stereocenters. The van der Waals surface area contributed by atoms with Gasteiger partial charge < -0.3 is 10.5 Å². The second kappa shape index (κ2) is 1.70. The normalized spacial score (nSPS) is 38.7. The molecule has 1 aliphatic rings. The summed E-state index contributed by atoms with van der Waals surface area (Å²) in [5.74, 6) is 0. The molecule has 0 amide bonds. The van der Waals surface area contributed by atoms with Crippen molar-refractivity contribution in [1.29, 1.82) is 0 Å². The van der Waals surface area contributed by atoms with E-state index < -0.39 is 0 Å². The van der Waals surface area contributed by atoms with E-state index in [4.69, 9.17) is 10.5 Å². The van der Waals surface area contributed by atoms with Crippen molar-refractivity contribution in [1.82, 2.24) is 0 Å². The van der Waals surface area contributed by atoms with E-state index in [2.05, 4.69) is 13.8 Å². The Hall–Kier alpha value is -0.0800. The lowest BCUT2D eigenvalue weighted by Gasteiger charge is -2.07. The highest BCUT2D eigenvalue weighted by molar-refractivity contribution is 5.07. The van der Waals surface area contributed by atoms with Crippen LogP contribution in [0.4, 0.5) is 0 Å². The fourth-order valence-electron chi connectivity index (χ4n) is 1.48. The zero-order chi connectivity index (χ0) is 7.12. The molecule has 0 bridgehead atoms. The first-order valence-corrected chi connectivity index (χ1v) is 3.57. The van der Waals surface area contributed by atoms with Crippen molar-refractivity contribution in [2.45, 2.75) is 44.9 Å². The minimum atomic E-state index is -0.337. The van der Waals surface area contributed by atoms with Crippen molar-refractivity contribution >= 4 is 0 Å². The Morgan fingerprint density at radius 2 is 1.67 bits per heavy atom. The molecule has 1 unspecified atom stereocenters. The molecule has 0 spiro atoms. The van der Waals surface area contributed by atoms with Gasteiger partial charge in [0.05, 0.1) is 0 Å². The van der Waals surface area contributed by atoms with Gasteiger partial charge in [-0.25, -0.2) is 0 Å². The van der Waals surface area contributed by atoms with Crippen molar-refractivity contribution in [3.8, 4) is 0 Å². The third kappa shape index (κ3) is 0.775. The van der Waals surface area contributed by atoms with Gasteiger partial charge in [-0.05, 0) is 19.8 Å². The van der Waals surface area contributed by atoms with E-state index in [1.54, 1.807) is 0 Å². The molecule has 0 saturated carbocycles. The van der Waals surface area contributed by atoms with E-state index in [0.29, 0.717) is 0 Å². The van der Waals surface area contributed by atoms with Crippen LogP contribution < -0.4 is 5.73 Å². The molecule has 1 saturated heterocycles. The van der Waals surface area contributed by atoms with Crippen LogP contribution in [0.2, 0.25) is 0 Å². The summed E-state index contributed by atoms with van der Waals surface area (Å²) >= 11 is 0. The van der Waals surface area contributed by atoms with E-state index in [1.165, 1.54) is 0 Å². The predicted molar refractivity (Wildman–Crippen MR) is 37.0 cm³/mol. The first-order chi connectivity index (χ1) is 4.08. The van der Waals surface area contributed by atoms with Gasteiger partial charge in [-0.15, -0.1) is 0 Å². The summed E-state index contributed by atoms with van der Waals surface area (Å²) in [5, 5.41) is 0. The highest BCUT2D eigenvalue weighted by Gasteiger charge is 2.61. The number of nitrogens with two attached hydrogens (primary N) is 1. The Labute approximate surface area is 56.4 Å². The molecule has 9 heavy (non-hydrogen) atoms. The lowest BCUT2D eigenvalue weighted by atomic mass is 9.96. The van der Waals surface area contributed by atoms with Crippen molar-refractivity contribution in [2.75, 3.05) is 0 Å². The van der Waals surface area contributed by atoms with E-state index >= 15 is 0 Å². The second-order valence-corrected chi connectivity index (χ2v) is 2.91. The fraction of sp³-hybridized carbons (Fsp3) is 1.00. The van der Waals surface area contributed by atoms with E-state index in [-0.39, 0.29) is 11.3 Å². The fourth-order valence-corrected chi connectivity index (χ4v) is 1.48. The van der Waals surface area contributed by atoms with Crippen LogP contribution in [0.15, 0.2) is 0 Å². The van der Waals surface area contributed by atoms with Crippen molar-refractivity contribution in [3.63, 3.8) is 0 Å². The third-order valence-electron chi connectivity index (χ3n) is 2.41. The van der Waals surface area contributed by atoms with Gasteiger partial charge in [0.1, 0.15) is 11.3 Å². The number of hydrogen-bond acceptors (Lipinski definition) is 2. The summed E-state index contributed by atoms with van der Waals surface area (Å²) in [5.41, 5.74) is 5.41. The molecule has 0 aromatic carbocycles. The van der Waals surface area contributed by atoms with Gasteiger partial charge in [0.25, 0.3) is 0 Å². The first-order valence-electron chi connectivity index (χ1n) is 3.57. The molecule has 1 rings (SSSR count). The van der Waals surface area contributed by atoms with Crippen LogP contribution in [0.1, 0.15) is 33.6 Å². The maximum absolute atomic E-state index is 5.74. The number of hydrogen-bond donors (Lipinski definition) is 1. The molecule has 1 heterocycles. The highest BCUT2D eigenvalue weighted by atomic mass is 16.6. The molecule has 1 fully saturated rings. The Balaban J connectivity index is 2.57. The van der Waals surface area contributed by atoms with E-state index in [9.17, 15) is 0 Å². The van der Waals surface area contributed by atoms with Gasteiger partial charge in [0.2, 0.25) is 0 Å². The zero-order valence-corrected chi connectivity index (χ0v) is 6.40. The highest BCUT2D eigenvalue weighted by Crippen LogP contribution is 2.48. The molecule has 0 aromatic rings. The van der Waals surface area contributed by atoms with Crippen molar-refractivity contribution in [2.24, 2.45) is 5.73 Å². The van der Waals surface area contributed by atoms with Gasteiger partial charge in [-0.3, -0.25) is 0 Å². The van der Waals surface area contributed by atoms with E-state index in [0.717, 1.165) is 12.8 Å². The summed E-state index contributed by atoms with van der Waals surface area (Å²) in [7, 11) is 0. The van der Waals surface area contributed by atoms with Crippen LogP contribution in [-0.4, -0.2) is 11.3 Å². The Bertz CT molecular complexity index is 116. The first kappa shape index (κ1) is 7.03. The average Bonchev–Trinajstić information content (AvgIpc) is 2.35. The molecule has 54 valence electrons. The van der Waals surface area contributed by atoms with Crippen molar-refractivity contribution < 1.29 is 4.74 Å². The molecule has 0 radical (unpaired) electrons. The largest absolute Gasteiger partial charge is 0.347 e. The van der Waals surface area contributed by atoms with Crippen LogP contribution in [0.3, 0.4) is 0 Å². The second-order valence-electron chi connectivity index (χ2n) is 2.91. The van der Waals surface area contributed by atoms with Gasteiger partial charge >= 0.3 is 0 Å². The van der Waals surface area contributed by atoms with E-state index in [1.807, 2.05) is 6.92 Å². The van der Waals surface area contributed by atoms with Gasteiger partial charge in [0.15, 0.2) is 0 Å². The van der Waals surface area contributed by atoms with Crippen LogP contribution >= 0.6 is 0 Å². The minimum Gasteiger partial charge on any atom is -0.347 e. The molecular weight excluding hydrogens is 114 g/mol. The Morgan fingerprint density at radius 3 is 1.67 bits per heavy atom. The van der Waals surface area contributed by atoms with Gasteiger partial charge in [-0.2, -0.15) is 0 Å². The Morgan fingerprint density at radius 1 is 1.33 bits per heavy atom. The third-order valence-corrected chi connectivity index (χ3v) is 2.41. The molecule has 0 aliphatic carbocycles. The lowest BCUT2D eigenvalue weighted by Crippen LogP contribution is -2.30. The Kier molecular flexibility index (Phi) is 1.33. The predicted octanol–water partition coefficient (Wildman–Crippen LogP) is 1.25. The van der Waals surface area contributed by atoms with Crippen LogP contribution in [0, 0.1) is 0 Å². The smallest absolute Gasteiger partial charge is 0.144 e. The number of rotatable bonds is 2. The summed E-state index contributed by atoms with van der Waals surface area (Å²) in [6.45, 7) is 6.17. The number of epoxide rings is 1. The maximum Gasteiger partial charge on any atom is 0.144 e. The molecule has 1 aliphatic heterocycles. The maximum atomic E-state index is 5.74. The van der Waals surface area contributed by atoms with Crippen molar-refractivity contribution in [3.05, 3.63) is 0 Å². The number of ether oxygens (including phenoxy) is 1. The summed E-state index contributed by atoms with van der Waals surface area (Å²) < 4.78 is 5.37. The van der Waals surface area contributed by atoms with Gasteiger partial charge in [0, 0.05) is 0 Å². The van der Waals surface area contributed by atoms with Gasteiger partial charge in [-0.1, -0.05) is 13.8 Å². The SMILES string of the molecule is CCC1(CC)OC1(C)N. The van der Waals surface area contributed by atoms with Crippen LogP contribution in [-0.2, 0) is 4.74 Å². The molecule has 2 heteroatoms. The topological polar surface area (TPSA) is 38.5 Å². The minimum absolute atomic E-state index is 0.00694. The lowest BCUT2D eigenvalue weighted by molar-refractivity contribution is 0.261. The van der Waals surface area contributed by atoms with Crippen LogP contribution in [0.25, 0.3) is 0 Å². The monoisotopic (exact) mass is 129 g/mol. The molecule has 0 aromatic heterocycles. The summed E-state index contributed by atoms with van der Waals surface area (Å²) in [6.07, 6.45) is 2.05. The molecule has 2 N–H and O–H groups in total. The average molecular weight is 129 g/mol. The molecular formula is C7H15NO. The van der Waals surface area contributed by atoms with Crippen LogP contribution in [0.5, 0.6) is 0 Å². The summed E-state index contributed by atoms with van der Waals surface area (Å²) in [6, 6.07) is 0. The standard InChI is InChI=1S/C7H15NO/c1-4-7(5-2)6(3,8)9-7/h4-5,8H2,1-3H3. The summed E-state index contributed by atoms with van der Waals surface area (Å²) in [4.78, 5) is 0. The molecule has 2 nitrogen and oxygen atoms in total. The zero-order valence-electron chi connectivity index (χ0n) is 6.40. The quantitative estimate of drug-likeness (QED) is 0.570.